The van der Waals surface area contributed by atoms with Gasteiger partial charge >= 0.3 is 0 Å². The van der Waals surface area contributed by atoms with E-state index in [1.165, 1.54) is 0 Å². The molecule has 0 aromatic rings. The molecule has 1 saturated heterocycles. The zero-order valence-electron chi connectivity index (χ0n) is 9.57. The highest BCUT2D eigenvalue weighted by molar-refractivity contribution is 7.98. The van der Waals surface area contributed by atoms with Crippen molar-refractivity contribution in [1.82, 2.24) is 5.32 Å². The molecule has 0 spiro atoms. The van der Waals surface area contributed by atoms with Crippen LogP contribution in [0, 0.1) is 0 Å². The van der Waals surface area contributed by atoms with Crippen LogP contribution in [0.15, 0.2) is 0 Å². The number of hydrogen-bond acceptors (Lipinski definition) is 5. The maximum Gasteiger partial charge on any atom is 0.237 e. The number of carbonyl (C=O) groups excluding carboxylic acids is 1. The zero-order valence-corrected chi connectivity index (χ0v) is 10.4. The quantitative estimate of drug-likeness (QED) is 0.581. The monoisotopic (exact) mass is 248 g/mol. The van der Waals surface area contributed by atoms with Crippen molar-refractivity contribution in [3.8, 4) is 0 Å². The van der Waals surface area contributed by atoms with Gasteiger partial charge in [0.25, 0.3) is 0 Å². The van der Waals surface area contributed by atoms with E-state index in [2.05, 4.69) is 5.32 Å². The van der Waals surface area contributed by atoms with Crippen LogP contribution in [0.2, 0.25) is 0 Å². The van der Waals surface area contributed by atoms with E-state index in [4.69, 9.17) is 10.5 Å². The highest BCUT2D eigenvalue weighted by atomic mass is 32.2. The third-order valence-electron chi connectivity index (χ3n) is 2.64. The maximum atomic E-state index is 11.6. The Morgan fingerprint density at radius 1 is 1.75 bits per heavy atom. The third kappa shape index (κ3) is 4.29. The van der Waals surface area contributed by atoms with Gasteiger partial charge in [-0.25, -0.2) is 0 Å². The lowest BCUT2D eigenvalue weighted by Gasteiger charge is -2.21. The molecule has 1 fully saturated rings. The van der Waals surface area contributed by atoms with Gasteiger partial charge in [0.1, 0.15) is 5.60 Å². The summed E-state index contributed by atoms with van der Waals surface area (Å²) in [6.45, 7) is 1.05. The molecule has 0 aromatic carbocycles. The maximum absolute atomic E-state index is 11.6. The molecule has 1 rings (SSSR count). The molecule has 2 atom stereocenters. The summed E-state index contributed by atoms with van der Waals surface area (Å²) in [5, 5.41) is 12.6. The van der Waals surface area contributed by atoms with E-state index in [0.717, 1.165) is 5.75 Å². The molecule has 0 aromatic heterocycles. The summed E-state index contributed by atoms with van der Waals surface area (Å²) in [5.41, 5.74) is 4.79. The molecule has 0 bridgehead atoms. The smallest absolute Gasteiger partial charge is 0.237 e. The fourth-order valence-electron chi connectivity index (χ4n) is 1.49. The van der Waals surface area contributed by atoms with Crippen LogP contribution in [0.4, 0.5) is 0 Å². The molecule has 1 aliphatic heterocycles. The van der Waals surface area contributed by atoms with Crippen LogP contribution in [0.25, 0.3) is 0 Å². The van der Waals surface area contributed by atoms with Crippen LogP contribution < -0.4 is 11.1 Å². The van der Waals surface area contributed by atoms with Crippen molar-refractivity contribution in [2.24, 2.45) is 5.73 Å². The number of rotatable bonds is 6. The Morgan fingerprint density at radius 2 is 2.50 bits per heavy atom. The Balaban J connectivity index is 2.23. The first kappa shape index (κ1) is 13.8. The number of hydrogen-bond donors (Lipinski definition) is 3. The topological polar surface area (TPSA) is 84.6 Å². The van der Waals surface area contributed by atoms with Gasteiger partial charge in [-0.2, -0.15) is 11.8 Å². The summed E-state index contributed by atoms with van der Waals surface area (Å²) in [6, 6.07) is -0.488. The molecule has 5 nitrogen and oxygen atoms in total. The van der Waals surface area contributed by atoms with Crippen molar-refractivity contribution >= 4 is 17.7 Å². The average Bonchev–Trinajstić information content (AvgIpc) is 2.70. The Labute approximate surface area is 100 Å². The van der Waals surface area contributed by atoms with Gasteiger partial charge in [-0.3, -0.25) is 4.79 Å². The number of amides is 1. The van der Waals surface area contributed by atoms with Crippen molar-refractivity contribution in [1.29, 1.82) is 0 Å². The number of nitrogens with two attached hydrogens (primary N) is 1. The molecule has 1 aliphatic rings. The molecule has 0 saturated carbocycles. The highest BCUT2D eigenvalue weighted by Crippen LogP contribution is 2.16. The van der Waals surface area contributed by atoms with Crippen LogP contribution in [0.5, 0.6) is 0 Å². The number of thioether (sulfide) groups is 1. The van der Waals surface area contributed by atoms with Gasteiger partial charge in [0.05, 0.1) is 12.6 Å². The molecule has 16 heavy (non-hydrogen) atoms. The predicted molar refractivity (Wildman–Crippen MR) is 64.4 cm³/mol. The first-order valence-electron chi connectivity index (χ1n) is 5.40. The van der Waals surface area contributed by atoms with E-state index in [0.29, 0.717) is 19.4 Å². The lowest BCUT2D eigenvalue weighted by molar-refractivity contribution is -0.123. The summed E-state index contributed by atoms with van der Waals surface area (Å²) in [7, 11) is 0. The standard InChI is InChI=1S/C10H20N2O3S/c1-16-5-2-8(11)9(13)12-6-10(14)3-4-15-7-10/h8,14H,2-7,11H2,1H3,(H,12,13)/t8-,10?/m1/s1. The van der Waals surface area contributed by atoms with E-state index in [1.54, 1.807) is 11.8 Å². The van der Waals surface area contributed by atoms with Crippen molar-refractivity contribution in [2.45, 2.75) is 24.5 Å². The van der Waals surface area contributed by atoms with E-state index >= 15 is 0 Å². The van der Waals surface area contributed by atoms with E-state index in [-0.39, 0.29) is 19.1 Å². The average molecular weight is 248 g/mol. The zero-order chi connectivity index (χ0) is 12.0. The van der Waals surface area contributed by atoms with Gasteiger partial charge in [-0.15, -0.1) is 0 Å². The molecular formula is C10H20N2O3S. The van der Waals surface area contributed by atoms with Crippen molar-refractivity contribution in [2.75, 3.05) is 31.8 Å². The Hall–Kier alpha value is -0.300. The number of aliphatic hydroxyl groups is 1. The van der Waals surface area contributed by atoms with Crippen LogP contribution in [0.3, 0.4) is 0 Å². The van der Waals surface area contributed by atoms with Crippen LogP contribution >= 0.6 is 11.8 Å². The van der Waals surface area contributed by atoms with Gasteiger partial charge in [0.2, 0.25) is 5.91 Å². The van der Waals surface area contributed by atoms with Gasteiger partial charge in [-0.1, -0.05) is 0 Å². The fraction of sp³-hybridized carbons (Fsp3) is 0.900. The molecule has 1 heterocycles. The van der Waals surface area contributed by atoms with Crippen molar-refractivity contribution in [3.05, 3.63) is 0 Å². The first-order chi connectivity index (χ1) is 7.57. The normalized spacial score (nSPS) is 26.7. The minimum atomic E-state index is -0.908. The summed E-state index contributed by atoms with van der Waals surface area (Å²) in [6.07, 6.45) is 3.19. The second-order valence-electron chi connectivity index (χ2n) is 4.13. The molecule has 6 heteroatoms. The molecule has 94 valence electrons. The molecule has 0 radical (unpaired) electrons. The minimum Gasteiger partial charge on any atom is -0.386 e. The lowest BCUT2D eigenvalue weighted by Crippen LogP contribution is -2.48. The Bertz CT molecular complexity index is 232. The van der Waals surface area contributed by atoms with Crippen LogP contribution in [0.1, 0.15) is 12.8 Å². The second-order valence-corrected chi connectivity index (χ2v) is 5.12. The minimum absolute atomic E-state index is 0.200. The number of nitrogens with one attached hydrogen (secondary N) is 1. The lowest BCUT2D eigenvalue weighted by atomic mass is 10.0. The van der Waals surface area contributed by atoms with E-state index in [9.17, 15) is 9.90 Å². The van der Waals surface area contributed by atoms with Crippen molar-refractivity contribution < 1.29 is 14.6 Å². The van der Waals surface area contributed by atoms with Gasteiger partial charge in [0.15, 0.2) is 0 Å². The fourth-order valence-corrected chi connectivity index (χ4v) is 1.98. The molecule has 1 unspecified atom stereocenters. The summed E-state index contributed by atoms with van der Waals surface area (Å²) < 4.78 is 5.08. The summed E-state index contributed by atoms with van der Waals surface area (Å²) >= 11 is 1.66. The van der Waals surface area contributed by atoms with Gasteiger partial charge in [-0.05, 0) is 18.4 Å². The van der Waals surface area contributed by atoms with Crippen LogP contribution in [-0.4, -0.2) is 54.4 Å². The van der Waals surface area contributed by atoms with E-state index < -0.39 is 11.6 Å². The second kappa shape index (κ2) is 6.44. The van der Waals surface area contributed by atoms with Gasteiger partial charge in [0, 0.05) is 19.6 Å². The molecule has 1 amide bonds. The molecule has 0 aliphatic carbocycles. The molecule has 4 N–H and O–H groups in total. The summed E-state index contributed by atoms with van der Waals surface area (Å²) in [4.78, 5) is 11.6. The van der Waals surface area contributed by atoms with E-state index in [1.807, 2.05) is 6.26 Å². The summed E-state index contributed by atoms with van der Waals surface area (Å²) in [5.74, 6) is 0.663. The van der Waals surface area contributed by atoms with Crippen LogP contribution in [-0.2, 0) is 9.53 Å². The first-order valence-corrected chi connectivity index (χ1v) is 6.79. The largest absolute Gasteiger partial charge is 0.386 e. The van der Waals surface area contributed by atoms with Gasteiger partial charge < -0.3 is 20.9 Å². The molecular weight excluding hydrogens is 228 g/mol. The SMILES string of the molecule is CSCC[C@@H](N)C(=O)NCC1(O)CCOC1. The van der Waals surface area contributed by atoms with Crippen molar-refractivity contribution in [3.63, 3.8) is 0 Å². The number of carbonyl (C=O) groups is 1. The number of ether oxygens (including phenoxy) is 1. The predicted octanol–water partition coefficient (Wildman–Crippen LogP) is -0.666. The Kier molecular flexibility index (Phi) is 5.54. The third-order valence-corrected chi connectivity index (χ3v) is 3.29. The highest BCUT2D eigenvalue weighted by Gasteiger charge is 2.32. The Morgan fingerprint density at radius 3 is 3.06 bits per heavy atom.